The van der Waals surface area contributed by atoms with Gasteiger partial charge in [0.2, 0.25) is 0 Å². The fraction of sp³-hybridized carbons (Fsp3) is 0.778. The molecule has 0 spiro atoms. The number of hydrogen-bond donors (Lipinski definition) is 3. The second kappa shape index (κ2) is 10.6. The Morgan fingerprint density at radius 3 is 2.30 bits per heavy atom. The first kappa shape index (κ1) is 30.2. The van der Waals surface area contributed by atoms with Crippen molar-refractivity contribution >= 4 is 0 Å². The molecule has 0 aliphatic heterocycles. The van der Waals surface area contributed by atoms with Crippen LogP contribution in [0.4, 0.5) is 30.7 Å². The van der Waals surface area contributed by atoms with E-state index in [1.165, 1.54) is 5.57 Å². The third kappa shape index (κ3) is 5.96. The zero-order valence-electron chi connectivity index (χ0n) is 21.2. The molecule has 3 fully saturated rings. The van der Waals surface area contributed by atoms with E-state index in [4.69, 9.17) is 0 Å². The van der Waals surface area contributed by atoms with E-state index < -0.39 is 55.1 Å². The van der Waals surface area contributed by atoms with Crippen molar-refractivity contribution in [3.63, 3.8) is 0 Å². The molecule has 0 bridgehead atoms. The van der Waals surface area contributed by atoms with Gasteiger partial charge < -0.3 is 15.3 Å². The lowest BCUT2D eigenvalue weighted by Gasteiger charge is -2.44. The van der Waals surface area contributed by atoms with E-state index in [1.54, 1.807) is 6.92 Å². The number of fused-ring (bicyclic) bond motifs is 1. The molecule has 0 saturated heterocycles. The molecule has 7 atom stereocenters. The Bertz CT molecular complexity index is 893. The first-order chi connectivity index (χ1) is 16.9. The van der Waals surface area contributed by atoms with E-state index in [0.29, 0.717) is 18.4 Å². The second-order valence-electron chi connectivity index (χ2n) is 11.5. The van der Waals surface area contributed by atoms with E-state index in [-0.39, 0.29) is 23.7 Å². The maximum absolute atomic E-state index is 14.7. The van der Waals surface area contributed by atoms with Crippen LogP contribution in [0.1, 0.15) is 71.6 Å². The zero-order valence-corrected chi connectivity index (χ0v) is 21.2. The average molecular weight is 543 g/mol. The maximum Gasteiger partial charge on any atom is 0.426 e. The normalized spacial score (nSPS) is 35.6. The molecule has 3 N–H and O–H groups in total. The van der Waals surface area contributed by atoms with Gasteiger partial charge in [-0.25, -0.2) is 4.39 Å². The molecule has 0 aromatic heterocycles. The van der Waals surface area contributed by atoms with Crippen LogP contribution in [0.5, 0.6) is 0 Å². The first-order valence-corrected chi connectivity index (χ1v) is 12.9. The number of alkyl halides is 7. The molecule has 3 aliphatic carbocycles. The summed E-state index contributed by atoms with van der Waals surface area (Å²) in [6, 6.07) is 0. The monoisotopic (exact) mass is 542 g/mol. The van der Waals surface area contributed by atoms with Crippen LogP contribution in [0.2, 0.25) is 0 Å². The Morgan fingerprint density at radius 2 is 1.70 bits per heavy atom. The number of aliphatic hydroxyl groups excluding tert-OH is 2. The van der Waals surface area contributed by atoms with Gasteiger partial charge in [-0.1, -0.05) is 38.2 Å². The fourth-order valence-corrected chi connectivity index (χ4v) is 7.04. The molecule has 3 saturated carbocycles. The Morgan fingerprint density at radius 1 is 1.08 bits per heavy atom. The largest absolute Gasteiger partial charge is 0.426 e. The van der Waals surface area contributed by atoms with Crippen molar-refractivity contribution < 1.29 is 46.1 Å². The lowest BCUT2D eigenvalue weighted by Crippen LogP contribution is -2.58. The molecule has 0 aromatic carbocycles. The molecule has 10 heteroatoms. The third-order valence-corrected chi connectivity index (χ3v) is 9.07. The van der Waals surface area contributed by atoms with Crippen molar-refractivity contribution in [1.82, 2.24) is 0 Å². The fourth-order valence-electron chi connectivity index (χ4n) is 7.04. The van der Waals surface area contributed by atoms with Crippen molar-refractivity contribution in [2.24, 2.45) is 23.2 Å². The molecule has 0 aromatic rings. The Hall–Kier alpha value is -1.39. The predicted octanol–water partition coefficient (Wildman–Crippen LogP) is 6.74. The summed E-state index contributed by atoms with van der Waals surface area (Å²) in [4.78, 5) is 0. The van der Waals surface area contributed by atoms with Crippen LogP contribution in [0, 0.1) is 23.2 Å². The highest BCUT2D eigenvalue weighted by molar-refractivity contribution is 5.38. The van der Waals surface area contributed by atoms with Crippen LogP contribution >= 0.6 is 0 Å². The molecule has 212 valence electrons. The van der Waals surface area contributed by atoms with E-state index in [1.807, 2.05) is 12.2 Å². The minimum Gasteiger partial charge on any atom is -0.393 e. The van der Waals surface area contributed by atoms with Gasteiger partial charge in [0.1, 0.15) is 6.17 Å². The molecular weight excluding hydrogens is 505 g/mol. The Kier molecular flexibility index (Phi) is 8.67. The lowest BCUT2D eigenvalue weighted by atomic mass is 9.60. The van der Waals surface area contributed by atoms with Crippen molar-refractivity contribution in [3.05, 3.63) is 35.5 Å². The highest BCUT2D eigenvalue weighted by Gasteiger charge is 2.70. The molecule has 2 unspecified atom stereocenters. The predicted molar refractivity (Wildman–Crippen MR) is 125 cm³/mol. The molecular formula is C27H37F7O3. The molecule has 3 nitrogen and oxygen atoms in total. The molecule has 0 radical (unpaired) electrons. The summed E-state index contributed by atoms with van der Waals surface area (Å²) in [6.07, 6.45) is -10.1. The van der Waals surface area contributed by atoms with Crippen LogP contribution in [-0.2, 0) is 0 Å². The summed E-state index contributed by atoms with van der Waals surface area (Å²) in [5.41, 5.74) is -2.85. The highest BCUT2D eigenvalue weighted by Crippen LogP contribution is 2.60. The molecule has 3 aliphatic rings. The summed E-state index contributed by atoms with van der Waals surface area (Å²) in [6.45, 7) is 7.65. The van der Waals surface area contributed by atoms with E-state index in [9.17, 15) is 46.1 Å². The van der Waals surface area contributed by atoms with Gasteiger partial charge in [0.15, 0.2) is 0 Å². The average Bonchev–Trinajstić information content (AvgIpc) is 3.11. The van der Waals surface area contributed by atoms with Crippen LogP contribution in [0.3, 0.4) is 0 Å². The standard InChI is InChI=1S/C27H37F7O3/c1-15(11-19(28)14-25(37,26(29,30)31)27(32,33)34)21-8-9-22-17(5-4-10-24(21,22)3)6-7-18-12-20(35)13-23(36)16(18)2/h6-7,15,19-23,35-37H,2,4-5,8-14H2,1,3H3/b17-6?,18-7-/t15-,19?,20-,21-,22?,23-,24-/m1/s1. The van der Waals surface area contributed by atoms with Crippen LogP contribution in [0.25, 0.3) is 0 Å². The smallest absolute Gasteiger partial charge is 0.393 e. The van der Waals surface area contributed by atoms with E-state index in [0.717, 1.165) is 31.3 Å². The van der Waals surface area contributed by atoms with Crippen LogP contribution in [-0.4, -0.2) is 51.7 Å². The summed E-state index contributed by atoms with van der Waals surface area (Å²) < 4.78 is 92.8. The second-order valence-corrected chi connectivity index (χ2v) is 11.5. The topological polar surface area (TPSA) is 60.7 Å². The minimum atomic E-state index is -6.03. The van der Waals surface area contributed by atoms with Crippen LogP contribution < -0.4 is 0 Å². The molecule has 3 rings (SSSR count). The van der Waals surface area contributed by atoms with E-state index in [2.05, 4.69) is 13.5 Å². The summed E-state index contributed by atoms with van der Waals surface area (Å²) in [5, 5.41) is 29.5. The minimum absolute atomic E-state index is 0.0924. The SMILES string of the molecule is C=C1/C(=C\C=C2CCC[C@@]3(C)C2CC[C@@H]3[C@H](C)CC(F)CC(O)(C(F)(F)F)C(F)(F)F)C[C@@H](O)C[C@H]1O. The third-order valence-electron chi connectivity index (χ3n) is 9.07. The Balaban J connectivity index is 1.73. The van der Waals surface area contributed by atoms with Gasteiger partial charge in [-0.3, -0.25) is 0 Å². The summed E-state index contributed by atoms with van der Waals surface area (Å²) in [7, 11) is 0. The maximum atomic E-state index is 14.7. The van der Waals surface area contributed by atoms with Gasteiger partial charge in [0.05, 0.1) is 12.2 Å². The van der Waals surface area contributed by atoms with E-state index >= 15 is 0 Å². The van der Waals surface area contributed by atoms with Gasteiger partial charge in [-0.05, 0) is 79.3 Å². The molecule has 0 heterocycles. The van der Waals surface area contributed by atoms with Crippen molar-refractivity contribution in [2.45, 2.75) is 108 Å². The first-order valence-electron chi connectivity index (χ1n) is 12.9. The van der Waals surface area contributed by atoms with Gasteiger partial charge >= 0.3 is 12.4 Å². The number of allylic oxidation sites excluding steroid dienone is 3. The van der Waals surface area contributed by atoms with Crippen molar-refractivity contribution in [2.75, 3.05) is 0 Å². The van der Waals surface area contributed by atoms with Crippen LogP contribution in [0.15, 0.2) is 35.5 Å². The lowest BCUT2D eigenvalue weighted by molar-refractivity contribution is -0.372. The van der Waals surface area contributed by atoms with Crippen molar-refractivity contribution in [1.29, 1.82) is 0 Å². The summed E-state index contributed by atoms with van der Waals surface area (Å²) >= 11 is 0. The van der Waals surface area contributed by atoms with Gasteiger partial charge in [0, 0.05) is 12.8 Å². The molecule has 0 amide bonds. The highest BCUT2D eigenvalue weighted by atomic mass is 19.4. The summed E-state index contributed by atoms with van der Waals surface area (Å²) in [5.74, 6) is -0.431. The zero-order chi connectivity index (χ0) is 28.0. The van der Waals surface area contributed by atoms with Gasteiger partial charge in [-0.15, -0.1) is 0 Å². The quantitative estimate of drug-likeness (QED) is 0.326. The Labute approximate surface area is 213 Å². The number of aliphatic hydroxyl groups is 3. The van der Waals surface area contributed by atoms with Gasteiger partial charge in [0.25, 0.3) is 5.60 Å². The number of rotatable bonds is 6. The number of hydrogen-bond acceptors (Lipinski definition) is 3. The molecule has 37 heavy (non-hydrogen) atoms. The van der Waals surface area contributed by atoms with Gasteiger partial charge in [-0.2, -0.15) is 26.3 Å². The number of halogens is 7. The van der Waals surface area contributed by atoms with Crippen molar-refractivity contribution in [3.8, 4) is 0 Å².